The van der Waals surface area contributed by atoms with E-state index in [1.165, 1.54) is 22.4 Å². The molecule has 0 saturated carbocycles. The van der Waals surface area contributed by atoms with Crippen molar-refractivity contribution < 1.29 is 8.78 Å². The second kappa shape index (κ2) is 10.9. The average molecular weight is 610 g/mol. The number of hydrogen-bond donors (Lipinski definition) is 4. The Labute approximate surface area is 262 Å². The lowest BCUT2D eigenvalue weighted by atomic mass is 9.87. The lowest BCUT2D eigenvalue weighted by Crippen LogP contribution is -2.26. The van der Waals surface area contributed by atoms with Crippen molar-refractivity contribution in [2.75, 3.05) is 18.0 Å². The lowest BCUT2D eigenvalue weighted by Gasteiger charge is -2.34. The van der Waals surface area contributed by atoms with Crippen LogP contribution in [0.3, 0.4) is 0 Å². The molecule has 0 amide bonds. The van der Waals surface area contributed by atoms with E-state index in [1.54, 1.807) is 0 Å². The van der Waals surface area contributed by atoms with Crippen molar-refractivity contribution in [1.29, 1.82) is 0 Å². The summed E-state index contributed by atoms with van der Waals surface area (Å²) in [7, 11) is 0. The molecule has 7 nitrogen and oxygen atoms in total. The summed E-state index contributed by atoms with van der Waals surface area (Å²) in [6, 6.07) is 22.3. The quantitative estimate of drug-likeness (QED) is 0.165. The Morgan fingerprint density at radius 1 is 0.689 bits per heavy atom. The van der Waals surface area contributed by atoms with Crippen LogP contribution in [-0.4, -0.2) is 45.4 Å². The number of halogens is 2. The summed E-state index contributed by atoms with van der Waals surface area (Å²) in [5.74, 6) is 1.62. The van der Waals surface area contributed by atoms with E-state index in [2.05, 4.69) is 107 Å². The van der Waals surface area contributed by atoms with Crippen molar-refractivity contribution in [3.63, 3.8) is 0 Å². The standard InChI is InChI=1S/C36H41F2N7/c1-36(2,3)22-6-8-25(9-7-22)45-32(20-4-10-26-28(14-20)43-34(41-26)30-16-23(37)18-39-30)12-13-33(45)21-5-11-27-29(15-21)44-35(42-27)31-17-24(38)19-40-31/h4-11,14-15,23-24,30-33,39-40H,12-13,16-19H2,1-3H3,(H,41,43)(H,42,44)/t23-,24-,30-,31-,32+,33+/m0/s1. The fraction of sp³-hybridized carbons (Fsp3) is 0.444. The predicted octanol–water partition coefficient (Wildman–Crippen LogP) is 7.56. The maximum Gasteiger partial charge on any atom is 0.124 e. The molecule has 234 valence electrons. The van der Waals surface area contributed by atoms with Crippen molar-refractivity contribution in [3.05, 3.63) is 89.0 Å². The summed E-state index contributed by atoms with van der Waals surface area (Å²) < 4.78 is 27.8. The van der Waals surface area contributed by atoms with E-state index in [1.807, 2.05) is 0 Å². The molecule has 3 aliphatic rings. The zero-order chi connectivity index (χ0) is 30.9. The van der Waals surface area contributed by atoms with Crippen molar-refractivity contribution in [1.82, 2.24) is 30.6 Å². The molecule has 9 heteroatoms. The molecule has 3 saturated heterocycles. The van der Waals surface area contributed by atoms with E-state index in [4.69, 9.17) is 9.97 Å². The van der Waals surface area contributed by atoms with Gasteiger partial charge >= 0.3 is 0 Å². The summed E-state index contributed by atoms with van der Waals surface area (Å²) >= 11 is 0. The van der Waals surface area contributed by atoms with Gasteiger partial charge in [0.15, 0.2) is 0 Å². The van der Waals surface area contributed by atoms with Crippen molar-refractivity contribution in [2.24, 2.45) is 0 Å². The summed E-state index contributed by atoms with van der Waals surface area (Å²) in [4.78, 5) is 19.2. The van der Waals surface area contributed by atoms with Crippen LogP contribution in [-0.2, 0) is 5.41 Å². The molecule has 0 aliphatic carbocycles. The van der Waals surface area contributed by atoms with E-state index < -0.39 is 12.3 Å². The smallest absolute Gasteiger partial charge is 0.124 e. The highest BCUT2D eigenvalue weighted by atomic mass is 19.1. The van der Waals surface area contributed by atoms with Crippen LogP contribution >= 0.6 is 0 Å². The number of alkyl halides is 2. The Hall–Kier alpha value is -3.82. The molecule has 0 radical (unpaired) electrons. The van der Waals surface area contributed by atoms with Crippen LogP contribution in [0.25, 0.3) is 22.1 Å². The molecule has 8 rings (SSSR count). The van der Waals surface area contributed by atoms with Crippen LogP contribution in [0.1, 0.15) is 99.0 Å². The van der Waals surface area contributed by atoms with E-state index in [0.717, 1.165) is 46.6 Å². The molecular weight excluding hydrogens is 568 g/mol. The van der Waals surface area contributed by atoms with Gasteiger partial charge in [0.05, 0.1) is 46.2 Å². The van der Waals surface area contributed by atoms with Gasteiger partial charge in [-0.25, -0.2) is 18.7 Å². The van der Waals surface area contributed by atoms with E-state index in [0.29, 0.717) is 25.9 Å². The molecule has 3 aliphatic heterocycles. The molecule has 5 heterocycles. The normalized spacial score (nSPS) is 27.4. The molecule has 0 bridgehead atoms. The number of aromatic nitrogens is 4. The summed E-state index contributed by atoms with van der Waals surface area (Å²) in [6.07, 6.45) is 1.24. The minimum absolute atomic E-state index is 0.0712. The van der Waals surface area contributed by atoms with Gasteiger partial charge in [-0.3, -0.25) is 0 Å². The molecule has 45 heavy (non-hydrogen) atoms. The third-order valence-corrected chi connectivity index (χ3v) is 10.0. The Balaban J connectivity index is 1.15. The molecule has 5 aromatic rings. The van der Waals surface area contributed by atoms with Gasteiger partial charge < -0.3 is 25.5 Å². The van der Waals surface area contributed by atoms with Gasteiger partial charge in [0.25, 0.3) is 0 Å². The van der Waals surface area contributed by atoms with E-state index in [9.17, 15) is 8.78 Å². The number of H-pyrrole nitrogens is 2. The zero-order valence-electron chi connectivity index (χ0n) is 26.1. The minimum Gasteiger partial charge on any atom is -0.357 e. The van der Waals surface area contributed by atoms with Gasteiger partial charge in [-0.15, -0.1) is 0 Å². The van der Waals surface area contributed by atoms with Crippen LogP contribution in [0.5, 0.6) is 0 Å². The summed E-state index contributed by atoms with van der Waals surface area (Å²) in [6.45, 7) is 7.49. The average Bonchev–Trinajstić information content (AvgIpc) is 3.85. The lowest BCUT2D eigenvalue weighted by molar-refractivity contribution is 0.354. The number of anilines is 1. The molecule has 0 spiro atoms. The van der Waals surface area contributed by atoms with Gasteiger partial charge in [0.1, 0.15) is 24.0 Å². The SMILES string of the molecule is CC(C)(C)c1ccc(N2[C@@H](c3ccc4nc([C@@H]5C[C@H](F)CN5)[nH]c4c3)CC[C@@H]2c2ccc3nc([C@@H]4C[C@H](F)CN4)[nH]c3c2)cc1. The van der Waals surface area contributed by atoms with E-state index in [-0.39, 0.29) is 29.6 Å². The number of hydrogen-bond acceptors (Lipinski definition) is 5. The first-order chi connectivity index (χ1) is 21.7. The molecule has 4 N–H and O–H groups in total. The van der Waals surface area contributed by atoms with Crippen LogP contribution in [0, 0.1) is 0 Å². The van der Waals surface area contributed by atoms with Crippen molar-refractivity contribution in [2.45, 2.75) is 88.4 Å². The van der Waals surface area contributed by atoms with Crippen molar-refractivity contribution >= 4 is 27.8 Å². The Bertz CT molecular complexity index is 1730. The van der Waals surface area contributed by atoms with Crippen LogP contribution in [0.15, 0.2) is 60.7 Å². The van der Waals surface area contributed by atoms with Gasteiger partial charge in [-0.2, -0.15) is 0 Å². The molecular formula is C36H41F2N7. The molecule has 2 aromatic heterocycles. The third-order valence-electron chi connectivity index (χ3n) is 10.0. The molecule has 3 aromatic carbocycles. The first kappa shape index (κ1) is 28.6. The molecule has 3 fully saturated rings. The van der Waals surface area contributed by atoms with Crippen molar-refractivity contribution in [3.8, 4) is 0 Å². The predicted molar refractivity (Wildman–Crippen MR) is 175 cm³/mol. The largest absolute Gasteiger partial charge is 0.357 e. The van der Waals surface area contributed by atoms with Gasteiger partial charge in [0.2, 0.25) is 0 Å². The monoisotopic (exact) mass is 609 g/mol. The number of fused-ring (bicyclic) bond motifs is 2. The van der Waals surface area contributed by atoms with Crippen LogP contribution in [0.2, 0.25) is 0 Å². The minimum atomic E-state index is -0.832. The topological polar surface area (TPSA) is 84.7 Å². The van der Waals surface area contributed by atoms with Crippen LogP contribution < -0.4 is 15.5 Å². The summed E-state index contributed by atoms with van der Waals surface area (Å²) in [5.41, 5.74) is 8.84. The number of nitrogens with zero attached hydrogens (tertiary/aromatic N) is 3. The third kappa shape index (κ3) is 5.29. The number of nitrogens with one attached hydrogen (secondary N) is 4. The van der Waals surface area contributed by atoms with E-state index >= 15 is 0 Å². The zero-order valence-corrected chi connectivity index (χ0v) is 26.1. The second-order valence-corrected chi connectivity index (χ2v) is 14.2. The number of aromatic amines is 2. The Morgan fingerprint density at radius 3 is 1.60 bits per heavy atom. The molecule has 6 atom stereocenters. The number of imidazole rings is 2. The highest BCUT2D eigenvalue weighted by Gasteiger charge is 2.37. The van der Waals surface area contributed by atoms with Gasteiger partial charge in [-0.1, -0.05) is 45.0 Å². The molecule has 0 unspecified atom stereocenters. The fourth-order valence-electron chi connectivity index (χ4n) is 7.60. The highest BCUT2D eigenvalue weighted by molar-refractivity contribution is 5.78. The highest BCUT2D eigenvalue weighted by Crippen LogP contribution is 2.48. The Kier molecular flexibility index (Phi) is 6.95. The Morgan fingerprint density at radius 2 is 1.18 bits per heavy atom. The summed E-state index contributed by atoms with van der Waals surface area (Å²) in [5, 5.41) is 6.50. The van der Waals surface area contributed by atoms with Crippen LogP contribution in [0.4, 0.5) is 14.5 Å². The fourth-order valence-corrected chi connectivity index (χ4v) is 7.60. The number of rotatable bonds is 5. The number of benzene rings is 3. The maximum atomic E-state index is 13.9. The first-order valence-corrected chi connectivity index (χ1v) is 16.3. The maximum absolute atomic E-state index is 13.9. The second-order valence-electron chi connectivity index (χ2n) is 14.2. The van der Waals surface area contributed by atoms with Gasteiger partial charge in [0, 0.05) is 31.6 Å². The van der Waals surface area contributed by atoms with Gasteiger partial charge in [-0.05, 0) is 71.3 Å². The first-order valence-electron chi connectivity index (χ1n) is 16.3.